The van der Waals surface area contributed by atoms with Gasteiger partial charge in [-0.2, -0.15) is 0 Å². The molecule has 2 aromatic carbocycles. The zero-order valence-electron chi connectivity index (χ0n) is 17.4. The highest BCUT2D eigenvalue weighted by atomic mass is 16.4. The first-order valence-corrected chi connectivity index (χ1v) is 10.6. The minimum atomic E-state index is 0.213. The Hall–Kier alpha value is -2.99. The Balaban J connectivity index is 1.22. The number of nitrogens with zero attached hydrogens (tertiary/aromatic N) is 4. The highest BCUT2D eigenvalue weighted by Gasteiger charge is 2.27. The third-order valence-electron chi connectivity index (χ3n) is 5.55. The molecule has 0 spiro atoms. The molecule has 6 heteroatoms. The standard InChI is InChI=1S/C24H28N4O2/c1-19-17-27(18-20-9-4-2-5-10-20)15-16-28(19)23(29)14-8-13-22-25-26-24(30-22)21-11-6-3-7-12-21/h2-7,9-12,19H,8,13-18H2,1H3. The van der Waals surface area contributed by atoms with Gasteiger partial charge in [-0.25, -0.2) is 0 Å². The van der Waals surface area contributed by atoms with Gasteiger partial charge in [-0.05, 0) is 31.0 Å². The van der Waals surface area contributed by atoms with Crippen LogP contribution in [0, 0.1) is 0 Å². The lowest BCUT2D eigenvalue weighted by atomic mass is 10.1. The summed E-state index contributed by atoms with van der Waals surface area (Å²) in [6.45, 7) is 5.68. The average molecular weight is 405 g/mol. The van der Waals surface area contributed by atoms with Crippen LogP contribution in [-0.2, 0) is 17.8 Å². The van der Waals surface area contributed by atoms with Crippen molar-refractivity contribution in [2.75, 3.05) is 19.6 Å². The second-order valence-corrected chi connectivity index (χ2v) is 7.88. The Labute approximate surface area is 177 Å². The van der Waals surface area contributed by atoms with Crippen LogP contribution in [0.15, 0.2) is 65.1 Å². The molecule has 30 heavy (non-hydrogen) atoms. The summed E-state index contributed by atoms with van der Waals surface area (Å²) in [5, 5.41) is 8.23. The summed E-state index contributed by atoms with van der Waals surface area (Å²) in [5.74, 6) is 1.33. The maximum absolute atomic E-state index is 12.7. The van der Waals surface area contributed by atoms with Gasteiger partial charge in [0.2, 0.25) is 17.7 Å². The van der Waals surface area contributed by atoms with Gasteiger partial charge in [0.1, 0.15) is 0 Å². The maximum Gasteiger partial charge on any atom is 0.247 e. The van der Waals surface area contributed by atoms with E-state index in [2.05, 4.69) is 46.3 Å². The van der Waals surface area contributed by atoms with E-state index in [0.29, 0.717) is 31.0 Å². The third-order valence-corrected chi connectivity index (χ3v) is 5.55. The summed E-state index contributed by atoms with van der Waals surface area (Å²) in [7, 11) is 0. The van der Waals surface area contributed by atoms with E-state index in [1.54, 1.807) is 0 Å². The number of carbonyl (C=O) groups excluding carboxylic acids is 1. The fourth-order valence-corrected chi connectivity index (χ4v) is 3.98. The summed E-state index contributed by atoms with van der Waals surface area (Å²) in [6.07, 6.45) is 1.84. The molecule has 1 aromatic heterocycles. The number of hydrogen-bond donors (Lipinski definition) is 0. The number of rotatable bonds is 7. The molecule has 1 amide bonds. The van der Waals surface area contributed by atoms with Crippen LogP contribution in [0.1, 0.15) is 31.2 Å². The first-order chi connectivity index (χ1) is 14.7. The number of hydrogen-bond acceptors (Lipinski definition) is 5. The van der Waals surface area contributed by atoms with Gasteiger partial charge in [0.25, 0.3) is 0 Å². The molecule has 1 unspecified atom stereocenters. The van der Waals surface area contributed by atoms with Crippen LogP contribution < -0.4 is 0 Å². The molecule has 0 radical (unpaired) electrons. The average Bonchev–Trinajstić information content (AvgIpc) is 3.24. The van der Waals surface area contributed by atoms with E-state index in [0.717, 1.165) is 31.7 Å². The van der Waals surface area contributed by atoms with Crippen molar-refractivity contribution >= 4 is 5.91 Å². The molecule has 156 valence electrons. The zero-order chi connectivity index (χ0) is 20.8. The normalized spacial score (nSPS) is 17.2. The van der Waals surface area contributed by atoms with Gasteiger partial charge in [-0.3, -0.25) is 9.69 Å². The van der Waals surface area contributed by atoms with Gasteiger partial charge in [-0.15, -0.1) is 10.2 Å². The molecule has 0 N–H and O–H groups in total. The van der Waals surface area contributed by atoms with Crippen LogP contribution in [0.3, 0.4) is 0 Å². The molecule has 4 rings (SSSR count). The van der Waals surface area contributed by atoms with Crippen molar-refractivity contribution in [2.45, 2.75) is 38.8 Å². The van der Waals surface area contributed by atoms with Gasteiger partial charge in [0.05, 0.1) is 0 Å². The molecule has 1 saturated heterocycles. The molecule has 1 aliphatic rings. The number of piperazine rings is 1. The van der Waals surface area contributed by atoms with Crippen molar-refractivity contribution in [1.82, 2.24) is 20.0 Å². The molecule has 0 aliphatic carbocycles. The summed E-state index contributed by atoms with van der Waals surface area (Å²) >= 11 is 0. The SMILES string of the molecule is CC1CN(Cc2ccccc2)CCN1C(=O)CCCc1nnc(-c2ccccc2)o1. The Kier molecular flexibility index (Phi) is 6.54. The van der Waals surface area contributed by atoms with Crippen molar-refractivity contribution in [2.24, 2.45) is 0 Å². The summed E-state index contributed by atoms with van der Waals surface area (Å²) in [5.41, 5.74) is 2.23. The van der Waals surface area contributed by atoms with Crippen LogP contribution in [-0.4, -0.2) is 51.6 Å². The summed E-state index contributed by atoms with van der Waals surface area (Å²) in [6, 6.07) is 20.5. The molecule has 2 heterocycles. The van der Waals surface area contributed by atoms with Crippen LogP contribution in [0.4, 0.5) is 0 Å². The fraction of sp³-hybridized carbons (Fsp3) is 0.375. The van der Waals surface area contributed by atoms with Crippen molar-refractivity contribution in [3.63, 3.8) is 0 Å². The minimum Gasteiger partial charge on any atom is -0.421 e. The van der Waals surface area contributed by atoms with E-state index in [-0.39, 0.29) is 11.9 Å². The van der Waals surface area contributed by atoms with Crippen LogP contribution >= 0.6 is 0 Å². The molecule has 6 nitrogen and oxygen atoms in total. The van der Waals surface area contributed by atoms with E-state index in [9.17, 15) is 4.79 Å². The predicted octanol–water partition coefficient (Wildman–Crippen LogP) is 3.79. The van der Waals surface area contributed by atoms with Crippen molar-refractivity contribution in [3.8, 4) is 11.5 Å². The number of aryl methyl sites for hydroxylation is 1. The number of aromatic nitrogens is 2. The quantitative estimate of drug-likeness (QED) is 0.600. The number of carbonyl (C=O) groups is 1. The lowest BCUT2D eigenvalue weighted by molar-refractivity contribution is -0.135. The Morgan fingerprint density at radius 3 is 2.50 bits per heavy atom. The molecule has 1 aliphatic heterocycles. The van der Waals surface area contributed by atoms with Gasteiger partial charge in [-0.1, -0.05) is 48.5 Å². The smallest absolute Gasteiger partial charge is 0.247 e. The van der Waals surface area contributed by atoms with Gasteiger partial charge >= 0.3 is 0 Å². The topological polar surface area (TPSA) is 62.5 Å². The maximum atomic E-state index is 12.7. The van der Waals surface area contributed by atoms with E-state index in [4.69, 9.17) is 4.42 Å². The first kappa shape index (κ1) is 20.3. The Morgan fingerprint density at radius 1 is 1.03 bits per heavy atom. The van der Waals surface area contributed by atoms with Crippen molar-refractivity contribution in [1.29, 1.82) is 0 Å². The molecule has 0 saturated carbocycles. The molecule has 0 bridgehead atoms. The van der Waals surface area contributed by atoms with E-state index in [1.165, 1.54) is 5.56 Å². The lowest BCUT2D eigenvalue weighted by Gasteiger charge is -2.40. The second kappa shape index (κ2) is 9.67. The van der Waals surface area contributed by atoms with E-state index in [1.807, 2.05) is 41.3 Å². The van der Waals surface area contributed by atoms with Gasteiger partial charge in [0.15, 0.2) is 0 Å². The van der Waals surface area contributed by atoms with Crippen molar-refractivity contribution in [3.05, 3.63) is 72.1 Å². The monoisotopic (exact) mass is 404 g/mol. The fourth-order valence-electron chi connectivity index (χ4n) is 3.98. The van der Waals surface area contributed by atoms with Crippen molar-refractivity contribution < 1.29 is 9.21 Å². The molecule has 3 aromatic rings. The third kappa shape index (κ3) is 5.13. The molecular formula is C24H28N4O2. The van der Waals surface area contributed by atoms with Crippen LogP contribution in [0.2, 0.25) is 0 Å². The van der Waals surface area contributed by atoms with Gasteiger partial charge < -0.3 is 9.32 Å². The number of benzene rings is 2. The summed E-state index contributed by atoms with van der Waals surface area (Å²) in [4.78, 5) is 17.2. The van der Waals surface area contributed by atoms with E-state index >= 15 is 0 Å². The highest BCUT2D eigenvalue weighted by Crippen LogP contribution is 2.19. The lowest BCUT2D eigenvalue weighted by Crippen LogP contribution is -2.53. The van der Waals surface area contributed by atoms with E-state index < -0.39 is 0 Å². The Bertz CT molecular complexity index is 942. The van der Waals surface area contributed by atoms with Gasteiger partial charge in [0, 0.05) is 50.6 Å². The second-order valence-electron chi connectivity index (χ2n) is 7.88. The summed E-state index contributed by atoms with van der Waals surface area (Å²) < 4.78 is 5.73. The molecule has 1 atom stereocenters. The van der Waals surface area contributed by atoms with Crippen LogP contribution in [0.25, 0.3) is 11.5 Å². The highest BCUT2D eigenvalue weighted by molar-refractivity contribution is 5.76. The molecular weight excluding hydrogens is 376 g/mol. The zero-order valence-corrected chi connectivity index (χ0v) is 17.4. The largest absolute Gasteiger partial charge is 0.421 e. The Morgan fingerprint density at radius 2 is 1.77 bits per heavy atom. The predicted molar refractivity (Wildman–Crippen MR) is 116 cm³/mol. The minimum absolute atomic E-state index is 0.213. The van der Waals surface area contributed by atoms with Crippen LogP contribution in [0.5, 0.6) is 0 Å². The number of amides is 1. The first-order valence-electron chi connectivity index (χ1n) is 10.6. The molecule has 1 fully saturated rings.